The van der Waals surface area contributed by atoms with Gasteiger partial charge in [0.05, 0.1) is 5.60 Å². The van der Waals surface area contributed by atoms with Gasteiger partial charge in [-0.05, 0) is 33.1 Å². The minimum absolute atomic E-state index is 0.132. The normalized spacial score (nSPS) is 25.8. The fourth-order valence-electron chi connectivity index (χ4n) is 1.85. The van der Waals surface area contributed by atoms with Crippen LogP contribution < -0.4 is 5.32 Å². The van der Waals surface area contributed by atoms with Crippen molar-refractivity contribution in [3.63, 3.8) is 0 Å². The number of hydrogen-bond acceptors (Lipinski definition) is 2. The molecular weight excluding hydrogens is 178 g/mol. The average molecular weight is 199 g/mol. The average Bonchev–Trinajstić information content (AvgIpc) is 2.12. The topological polar surface area (TPSA) is 38.3 Å². The smallest absolute Gasteiger partial charge is 0.223 e. The van der Waals surface area contributed by atoms with Gasteiger partial charge in [-0.1, -0.05) is 6.92 Å². The van der Waals surface area contributed by atoms with Crippen molar-refractivity contribution in [3.05, 3.63) is 0 Å². The molecule has 1 fully saturated rings. The highest BCUT2D eigenvalue weighted by molar-refractivity contribution is 5.78. The molecule has 3 heteroatoms. The molecule has 0 aromatic rings. The Bertz CT molecular complexity index is 201. The van der Waals surface area contributed by atoms with E-state index in [0.717, 1.165) is 25.8 Å². The first kappa shape index (κ1) is 11.5. The highest BCUT2D eigenvalue weighted by Crippen LogP contribution is 2.28. The Hall–Kier alpha value is -0.570. The van der Waals surface area contributed by atoms with Gasteiger partial charge in [0.1, 0.15) is 0 Å². The molecule has 1 saturated heterocycles. The van der Waals surface area contributed by atoms with Crippen LogP contribution in [0.3, 0.4) is 0 Å². The molecule has 1 heterocycles. The van der Waals surface area contributed by atoms with E-state index in [-0.39, 0.29) is 17.4 Å². The van der Waals surface area contributed by atoms with Crippen LogP contribution in [0.15, 0.2) is 0 Å². The van der Waals surface area contributed by atoms with Crippen LogP contribution in [0, 0.1) is 5.92 Å². The summed E-state index contributed by atoms with van der Waals surface area (Å²) in [4.78, 5) is 11.7. The monoisotopic (exact) mass is 199 g/mol. The van der Waals surface area contributed by atoms with Gasteiger partial charge >= 0.3 is 0 Å². The van der Waals surface area contributed by atoms with Crippen LogP contribution in [0.4, 0.5) is 0 Å². The summed E-state index contributed by atoms with van der Waals surface area (Å²) in [6, 6.07) is 0. The third-order valence-electron chi connectivity index (χ3n) is 2.62. The van der Waals surface area contributed by atoms with Gasteiger partial charge in [0.2, 0.25) is 5.91 Å². The van der Waals surface area contributed by atoms with Gasteiger partial charge in [-0.25, -0.2) is 0 Å². The van der Waals surface area contributed by atoms with Gasteiger partial charge in [0.15, 0.2) is 0 Å². The van der Waals surface area contributed by atoms with E-state index in [1.165, 1.54) is 0 Å². The lowest BCUT2D eigenvalue weighted by Gasteiger charge is -2.34. The molecule has 1 N–H and O–H groups in total. The highest BCUT2D eigenvalue weighted by Gasteiger charge is 2.32. The van der Waals surface area contributed by atoms with Crippen LogP contribution in [-0.4, -0.2) is 24.7 Å². The number of ether oxygens (including phenoxy) is 1. The lowest BCUT2D eigenvalue weighted by atomic mass is 9.88. The number of carbonyl (C=O) groups is 1. The molecule has 3 nitrogen and oxygen atoms in total. The van der Waals surface area contributed by atoms with Crippen molar-refractivity contribution in [2.75, 3.05) is 13.2 Å². The summed E-state index contributed by atoms with van der Waals surface area (Å²) in [7, 11) is 0. The van der Waals surface area contributed by atoms with E-state index in [9.17, 15) is 4.79 Å². The maximum absolute atomic E-state index is 11.7. The molecule has 1 atom stereocenters. The first-order valence-electron chi connectivity index (χ1n) is 5.47. The summed E-state index contributed by atoms with van der Waals surface area (Å²) < 4.78 is 5.57. The van der Waals surface area contributed by atoms with E-state index < -0.39 is 0 Å². The van der Waals surface area contributed by atoms with Crippen molar-refractivity contribution in [1.82, 2.24) is 5.32 Å². The molecule has 1 unspecified atom stereocenters. The molecule has 0 bridgehead atoms. The standard InChI is InChI=1S/C11H21NO2/c1-4-6-12-10(13)9-5-7-14-11(2,3)8-9/h9H,4-8H2,1-3H3,(H,12,13). The molecule has 0 radical (unpaired) electrons. The van der Waals surface area contributed by atoms with Crippen LogP contribution >= 0.6 is 0 Å². The van der Waals surface area contributed by atoms with Gasteiger partial charge in [-0.2, -0.15) is 0 Å². The summed E-state index contributed by atoms with van der Waals surface area (Å²) in [6.07, 6.45) is 2.69. The Labute approximate surface area is 86.2 Å². The van der Waals surface area contributed by atoms with Gasteiger partial charge in [0, 0.05) is 19.1 Å². The van der Waals surface area contributed by atoms with E-state index in [2.05, 4.69) is 12.2 Å². The van der Waals surface area contributed by atoms with Crippen LogP contribution in [0.5, 0.6) is 0 Å². The lowest BCUT2D eigenvalue weighted by Crippen LogP contribution is -2.41. The maximum atomic E-state index is 11.7. The molecule has 1 rings (SSSR count). The molecule has 0 aliphatic carbocycles. The maximum Gasteiger partial charge on any atom is 0.223 e. The van der Waals surface area contributed by atoms with Gasteiger partial charge in [0.25, 0.3) is 0 Å². The third-order valence-corrected chi connectivity index (χ3v) is 2.62. The summed E-state index contributed by atoms with van der Waals surface area (Å²) in [5.74, 6) is 0.341. The van der Waals surface area contributed by atoms with Crippen molar-refractivity contribution < 1.29 is 9.53 Å². The number of nitrogens with one attached hydrogen (secondary N) is 1. The Balaban J connectivity index is 2.40. The number of carbonyl (C=O) groups excluding carboxylic acids is 1. The predicted molar refractivity (Wildman–Crippen MR) is 56.1 cm³/mol. The summed E-state index contributed by atoms with van der Waals surface area (Å²) >= 11 is 0. The minimum Gasteiger partial charge on any atom is -0.376 e. The Morgan fingerprint density at radius 3 is 2.86 bits per heavy atom. The van der Waals surface area contributed by atoms with Crippen molar-refractivity contribution in [2.24, 2.45) is 5.92 Å². The second-order valence-electron chi connectivity index (χ2n) is 4.59. The number of rotatable bonds is 3. The Kier molecular flexibility index (Phi) is 3.93. The van der Waals surface area contributed by atoms with Crippen LogP contribution in [0.2, 0.25) is 0 Å². The van der Waals surface area contributed by atoms with E-state index in [0.29, 0.717) is 6.61 Å². The summed E-state index contributed by atoms with van der Waals surface area (Å²) in [5, 5.41) is 2.95. The number of amides is 1. The van der Waals surface area contributed by atoms with Crippen molar-refractivity contribution in [2.45, 2.75) is 45.6 Å². The number of hydrogen-bond donors (Lipinski definition) is 1. The molecule has 1 aliphatic rings. The van der Waals surface area contributed by atoms with E-state index in [1.54, 1.807) is 0 Å². The van der Waals surface area contributed by atoms with Crippen molar-refractivity contribution in [1.29, 1.82) is 0 Å². The van der Waals surface area contributed by atoms with Gasteiger partial charge in [-0.15, -0.1) is 0 Å². The second kappa shape index (κ2) is 4.78. The second-order valence-corrected chi connectivity index (χ2v) is 4.59. The zero-order valence-corrected chi connectivity index (χ0v) is 9.43. The summed E-state index contributed by atoms with van der Waals surface area (Å²) in [6.45, 7) is 7.65. The van der Waals surface area contributed by atoms with Crippen molar-refractivity contribution >= 4 is 5.91 Å². The third kappa shape index (κ3) is 3.29. The molecule has 0 spiro atoms. The quantitative estimate of drug-likeness (QED) is 0.751. The van der Waals surface area contributed by atoms with E-state index in [4.69, 9.17) is 4.74 Å². The molecular formula is C11H21NO2. The van der Waals surface area contributed by atoms with Crippen LogP contribution in [-0.2, 0) is 9.53 Å². The Morgan fingerprint density at radius 1 is 1.57 bits per heavy atom. The molecule has 1 aliphatic heterocycles. The highest BCUT2D eigenvalue weighted by atomic mass is 16.5. The largest absolute Gasteiger partial charge is 0.376 e. The Morgan fingerprint density at radius 2 is 2.29 bits per heavy atom. The molecule has 0 aromatic heterocycles. The van der Waals surface area contributed by atoms with Crippen molar-refractivity contribution in [3.8, 4) is 0 Å². The van der Waals surface area contributed by atoms with E-state index >= 15 is 0 Å². The van der Waals surface area contributed by atoms with Gasteiger partial charge < -0.3 is 10.1 Å². The lowest BCUT2D eigenvalue weighted by molar-refractivity contribution is -0.135. The first-order valence-corrected chi connectivity index (χ1v) is 5.47. The zero-order chi connectivity index (χ0) is 10.6. The summed E-state index contributed by atoms with van der Waals surface area (Å²) in [5.41, 5.74) is -0.132. The molecule has 1 amide bonds. The fourth-order valence-corrected chi connectivity index (χ4v) is 1.85. The molecule has 0 aromatic carbocycles. The predicted octanol–water partition coefficient (Wildman–Crippen LogP) is 1.72. The van der Waals surface area contributed by atoms with Crippen LogP contribution in [0.25, 0.3) is 0 Å². The van der Waals surface area contributed by atoms with E-state index in [1.807, 2.05) is 13.8 Å². The van der Waals surface area contributed by atoms with Gasteiger partial charge in [-0.3, -0.25) is 4.79 Å². The molecule has 82 valence electrons. The molecule has 14 heavy (non-hydrogen) atoms. The van der Waals surface area contributed by atoms with Crippen LogP contribution in [0.1, 0.15) is 40.0 Å². The SMILES string of the molecule is CCCNC(=O)C1CCOC(C)(C)C1. The molecule has 0 saturated carbocycles. The fraction of sp³-hybridized carbons (Fsp3) is 0.909. The zero-order valence-electron chi connectivity index (χ0n) is 9.43. The first-order chi connectivity index (χ1) is 6.55. The minimum atomic E-state index is -0.132.